The molecule has 0 radical (unpaired) electrons. The third kappa shape index (κ3) is 24.8. The smallest absolute Gasteiger partial charge is 0.343 e. The molecule has 1 aromatic heterocycles. The molecule has 0 saturated carbocycles. The highest BCUT2D eigenvalue weighted by molar-refractivity contribution is 7.22. The van der Waals surface area contributed by atoms with E-state index in [1.807, 2.05) is 24.3 Å². The van der Waals surface area contributed by atoms with Crippen LogP contribution in [-0.4, -0.2) is 125 Å². The highest BCUT2D eigenvalue weighted by Gasteiger charge is 2.20. The number of carbonyl (C=O) groups excluding carboxylic acids is 6. The van der Waals surface area contributed by atoms with Crippen LogP contribution in [0.3, 0.4) is 0 Å². The lowest BCUT2D eigenvalue weighted by Gasteiger charge is -2.19. The number of anilines is 1. The van der Waals surface area contributed by atoms with Gasteiger partial charge in [0.15, 0.2) is 12.2 Å². The van der Waals surface area contributed by atoms with Gasteiger partial charge in [-0.25, -0.2) is 24.2 Å². The summed E-state index contributed by atoms with van der Waals surface area (Å²) in [5.74, 6) is -2.30. The number of para-hydroxylation sites is 1. The first-order chi connectivity index (χ1) is 40.7. The van der Waals surface area contributed by atoms with E-state index >= 15 is 0 Å². The molecule has 0 saturated heterocycles. The summed E-state index contributed by atoms with van der Waals surface area (Å²) in [7, 11) is 0. The number of rotatable bonds is 41. The first kappa shape index (κ1) is 65.4. The third-order valence-corrected chi connectivity index (χ3v) is 12.1. The molecular weight excluding hydrogens is 1110 g/mol. The minimum absolute atomic E-state index is 0.00136. The van der Waals surface area contributed by atoms with Crippen LogP contribution in [0.1, 0.15) is 64.8 Å². The van der Waals surface area contributed by atoms with E-state index in [9.17, 15) is 28.8 Å². The normalized spacial score (nSPS) is 11.4. The molecule has 21 nitrogen and oxygen atoms in total. The van der Waals surface area contributed by atoms with Crippen LogP contribution in [0.25, 0.3) is 10.2 Å². The van der Waals surface area contributed by atoms with Crippen molar-refractivity contribution in [1.29, 1.82) is 0 Å². The number of hydrogen-bond acceptors (Lipinski definition) is 22. The van der Waals surface area contributed by atoms with Gasteiger partial charge in [-0.1, -0.05) is 62.9 Å². The van der Waals surface area contributed by atoms with Crippen LogP contribution in [0.5, 0.6) is 23.0 Å². The largest absolute Gasteiger partial charge is 0.494 e. The van der Waals surface area contributed by atoms with E-state index in [4.69, 9.17) is 56.8 Å². The number of nitrogens with zero attached hydrogens (tertiary/aromatic N) is 2. The summed E-state index contributed by atoms with van der Waals surface area (Å²) >= 11 is 1.38. The molecule has 84 heavy (non-hydrogen) atoms. The summed E-state index contributed by atoms with van der Waals surface area (Å²) in [5.41, 5.74) is 4.25. The molecule has 4 aromatic carbocycles. The second kappa shape index (κ2) is 36.9. The molecule has 444 valence electrons. The first-order valence-electron chi connectivity index (χ1n) is 26.5. The van der Waals surface area contributed by atoms with Crippen LogP contribution in [0, 0.1) is 0 Å². The Bertz CT molecular complexity index is 3030. The Kier molecular flexibility index (Phi) is 28.7. The number of carbonyl (C=O) groups is 6. The molecular formula is C62H67N3O18S. The Labute approximate surface area is 490 Å². The standard InChI is InChI=1S/C62H67N3O18S/c1-7-43(5)74-33-15-13-31-72-39-51(80-58(68)29-35-76-56(66)9-3)41-78-48-23-19-45(20-24-48)60(70)82-50-27-28-54(47(37-50)38-63-65-62-64-53-17-11-12-18-55(53)84-62)83-61(71)46-21-25-49(26-22-46)79-42-52(81-59(69)30-36-77-57(67)10-4)40-73-32-14-16-34-75-44(6)8-2/h7-12,17-28,37-38,51-52H,1-6,13-16,29-36,39-42H2,(H,64,65)/b63-38+. The third-order valence-electron chi connectivity index (χ3n) is 11.1. The van der Waals surface area contributed by atoms with E-state index in [2.05, 4.69) is 55.0 Å². The zero-order valence-corrected chi connectivity index (χ0v) is 47.2. The van der Waals surface area contributed by atoms with Crippen LogP contribution in [-0.2, 0) is 57.1 Å². The second-order valence-electron chi connectivity index (χ2n) is 17.6. The summed E-state index contributed by atoms with van der Waals surface area (Å²) < 4.78 is 67.7. The van der Waals surface area contributed by atoms with E-state index in [1.165, 1.54) is 72.2 Å². The van der Waals surface area contributed by atoms with E-state index < -0.39 is 48.0 Å². The number of fused-ring (bicyclic) bond motifs is 1. The maximum Gasteiger partial charge on any atom is 0.343 e. The minimum Gasteiger partial charge on any atom is -0.494 e. The number of aromatic nitrogens is 1. The second-order valence-corrected chi connectivity index (χ2v) is 18.6. The average molecular weight is 1170 g/mol. The minimum atomic E-state index is -0.842. The topological polar surface area (TPSA) is 250 Å². The molecule has 0 fully saturated rings. The van der Waals surface area contributed by atoms with Crippen molar-refractivity contribution in [3.8, 4) is 23.0 Å². The molecule has 0 aliphatic carbocycles. The van der Waals surface area contributed by atoms with Crippen molar-refractivity contribution in [3.05, 3.63) is 183 Å². The van der Waals surface area contributed by atoms with Gasteiger partial charge in [0.25, 0.3) is 0 Å². The van der Waals surface area contributed by atoms with Gasteiger partial charge in [-0.15, -0.1) is 0 Å². The Hall–Kier alpha value is -9.38. The molecule has 0 amide bonds. The zero-order chi connectivity index (χ0) is 60.3. The molecule has 1 N–H and O–H groups in total. The number of ether oxygens (including phenoxy) is 12. The highest BCUT2D eigenvalue weighted by atomic mass is 32.1. The quantitative estimate of drug-likeness (QED) is 0.00440. The van der Waals surface area contributed by atoms with Gasteiger partial charge in [0, 0.05) is 30.9 Å². The van der Waals surface area contributed by atoms with Gasteiger partial charge in [0.2, 0.25) is 5.13 Å². The number of hydrazone groups is 1. The maximum absolute atomic E-state index is 13.7. The van der Waals surface area contributed by atoms with Crippen molar-refractivity contribution in [2.75, 3.05) is 71.5 Å². The fraction of sp³-hybridized carbons (Fsp3) is 0.290. The summed E-state index contributed by atoms with van der Waals surface area (Å²) in [6.07, 6.45) is 7.00. The number of thiazole rings is 1. The fourth-order valence-electron chi connectivity index (χ4n) is 6.81. The zero-order valence-electron chi connectivity index (χ0n) is 46.4. The van der Waals surface area contributed by atoms with Crippen LogP contribution in [0.4, 0.5) is 5.13 Å². The lowest BCUT2D eigenvalue weighted by molar-refractivity contribution is -0.157. The Morgan fingerprint density at radius 1 is 0.548 bits per heavy atom. The molecule has 1 heterocycles. The average Bonchev–Trinajstić information content (AvgIpc) is 4.09. The molecule has 0 bridgehead atoms. The van der Waals surface area contributed by atoms with Gasteiger partial charge in [-0.2, -0.15) is 5.10 Å². The van der Waals surface area contributed by atoms with E-state index in [-0.39, 0.29) is 80.7 Å². The van der Waals surface area contributed by atoms with Crippen LogP contribution in [0.15, 0.2) is 171 Å². The van der Waals surface area contributed by atoms with Gasteiger partial charge in [0.05, 0.1) is 66.8 Å². The number of allylic oxidation sites excluding steroid dienone is 2. The molecule has 0 aliphatic heterocycles. The lowest BCUT2D eigenvalue weighted by Crippen LogP contribution is -2.30. The molecule has 5 rings (SSSR count). The van der Waals surface area contributed by atoms with Crippen LogP contribution in [0.2, 0.25) is 0 Å². The van der Waals surface area contributed by atoms with Crippen molar-refractivity contribution >= 4 is 68.7 Å². The summed E-state index contributed by atoms with van der Waals surface area (Å²) in [4.78, 5) is 79.8. The van der Waals surface area contributed by atoms with Gasteiger partial charge < -0.3 is 56.8 Å². The van der Waals surface area contributed by atoms with Gasteiger partial charge in [0.1, 0.15) is 60.9 Å². The Morgan fingerprint density at radius 3 is 1.54 bits per heavy atom. The first-order valence-corrected chi connectivity index (χ1v) is 27.3. The number of nitrogens with one attached hydrogen (secondary N) is 1. The van der Waals surface area contributed by atoms with Crippen LogP contribution < -0.4 is 24.4 Å². The van der Waals surface area contributed by atoms with Crippen molar-refractivity contribution in [2.45, 2.75) is 50.7 Å². The lowest BCUT2D eigenvalue weighted by atomic mass is 10.2. The molecule has 5 aromatic rings. The van der Waals surface area contributed by atoms with E-state index in [0.717, 1.165) is 22.4 Å². The summed E-state index contributed by atoms with van der Waals surface area (Å²) in [5, 5.41) is 4.84. The highest BCUT2D eigenvalue weighted by Crippen LogP contribution is 2.28. The van der Waals surface area contributed by atoms with E-state index in [0.29, 0.717) is 80.3 Å². The molecule has 2 atom stereocenters. The molecule has 0 spiro atoms. The summed E-state index contributed by atoms with van der Waals surface area (Å²) in [6, 6.07) is 24.1. The number of unbranched alkanes of at least 4 members (excludes halogenated alkanes) is 2. The Morgan fingerprint density at radius 2 is 1.04 bits per heavy atom. The van der Waals surface area contributed by atoms with Crippen LogP contribution >= 0.6 is 11.3 Å². The number of benzene rings is 4. The number of esters is 6. The van der Waals surface area contributed by atoms with Gasteiger partial charge >= 0.3 is 35.8 Å². The van der Waals surface area contributed by atoms with Gasteiger partial charge in [-0.05, 0) is 117 Å². The van der Waals surface area contributed by atoms with Crippen molar-refractivity contribution < 1.29 is 85.6 Å². The fourth-order valence-corrected chi connectivity index (χ4v) is 7.63. The SMILES string of the molecule is C=CC(=C)OCCCCOCC(COc1ccc(C(=O)Oc2ccc(OC(=O)c3ccc(OCC(COCCCCOC(=C)C=C)OC(=O)CCOC(=O)C=C)cc3)c(/C=N/Nc3nc4ccccc4s3)c2)cc1)OC(=O)CCOC(=O)C=C. The van der Waals surface area contributed by atoms with Crippen molar-refractivity contribution in [3.63, 3.8) is 0 Å². The van der Waals surface area contributed by atoms with E-state index in [1.54, 1.807) is 24.3 Å². The number of hydrogen-bond donors (Lipinski definition) is 1. The van der Waals surface area contributed by atoms with Gasteiger partial charge in [-0.3, -0.25) is 15.0 Å². The maximum atomic E-state index is 13.7. The predicted octanol–water partition coefficient (Wildman–Crippen LogP) is 10.0. The predicted molar refractivity (Wildman–Crippen MR) is 313 cm³/mol. The Balaban J connectivity index is 1.22. The van der Waals surface area contributed by atoms with Crippen molar-refractivity contribution in [1.82, 2.24) is 4.98 Å². The molecule has 0 aliphatic rings. The monoisotopic (exact) mass is 1170 g/mol. The summed E-state index contributed by atoms with van der Waals surface area (Å²) in [6.45, 7) is 22.2. The molecule has 2 unspecified atom stereocenters. The molecule has 22 heteroatoms. The van der Waals surface area contributed by atoms with Crippen molar-refractivity contribution in [2.24, 2.45) is 5.10 Å².